The second-order valence-corrected chi connectivity index (χ2v) is 2.56. The molecule has 0 saturated heterocycles. The Morgan fingerprint density at radius 3 is 2.83 bits per heavy atom. The molecule has 0 saturated carbocycles. The minimum atomic E-state index is -0.199. The average molecular weight is 165 g/mol. The molecule has 0 aromatic carbocycles. The van der Waals surface area contributed by atoms with Gasteiger partial charge in [-0.1, -0.05) is 0 Å². The maximum atomic E-state index is 11.1. The summed E-state index contributed by atoms with van der Waals surface area (Å²) in [6.07, 6.45) is 0. The second kappa shape index (κ2) is 2.13. The van der Waals surface area contributed by atoms with Crippen molar-refractivity contribution in [3.63, 3.8) is 0 Å². The fourth-order valence-electron chi connectivity index (χ4n) is 1.17. The molecule has 0 aliphatic rings. The number of aromatic nitrogens is 5. The van der Waals surface area contributed by atoms with Crippen LogP contribution in [0.25, 0.3) is 11.2 Å². The van der Waals surface area contributed by atoms with E-state index in [4.69, 9.17) is 0 Å². The van der Waals surface area contributed by atoms with E-state index in [1.54, 1.807) is 14.0 Å². The number of rotatable bonds is 0. The quantitative estimate of drug-likeness (QED) is 0.563. The van der Waals surface area contributed by atoms with Gasteiger partial charge < -0.3 is 0 Å². The number of nitrogens with one attached hydrogen (secondary N) is 1. The van der Waals surface area contributed by atoms with Gasteiger partial charge in [0.15, 0.2) is 5.65 Å². The van der Waals surface area contributed by atoms with Gasteiger partial charge in [-0.05, 0) is 12.1 Å². The number of fused-ring (bicyclic) bond motifs is 1. The lowest BCUT2D eigenvalue weighted by Gasteiger charge is -1.93. The molecule has 2 aromatic rings. The second-order valence-electron chi connectivity index (χ2n) is 2.56. The normalized spacial score (nSPS) is 10.8. The van der Waals surface area contributed by atoms with Gasteiger partial charge in [0.1, 0.15) is 5.52 Å². The third-order valence-corrected chi connectivity index (χ3v) is 1.77. The largest absolute Gasteiger partial charge is 0.327 e. The molecule has 0 aliphatic heterocycles. The van der Waals surface area contributed by atoms with Crippen LogP contribution in [0.4, 0.5) is 0 Å². The highest BCUT2D eigenvalue weighted by molar-refractivity contribution is 5.71. The third-order valence-electron chi connectivity index (χ3n) is 1.77. The van der Waals surface area contributed by atoms with Crippen LogP contribution in [-0.4, -0.2) is 25.0 Å². The van der Waals surface area contributed by atoms with Crippen molar-refractivity contribution in [2.45, 2.75) is 6.92 Å². The molecule has 6 heteroatoms. The van der Waals surface area contributed by atoms with E-state index < -0.39 is 0 Å². The highest BCUT2D eigenvalue weighted by Crippen LogP contribution is 2.06. The Balaban J connectivity index is 3.07. The van der Waals surface area contributed by atoms with Crippen molar-refractivity contribution in [1.82, 2.24) is 25.0 Å². The highest BCUT2D eigenvalue weighted by Gasteiger charge is 2.07. The molecule has 62 valence electrons. The minimum Gasteiger partial charge on any atom is -0.292 e. The fraction of sp³-hybridized carbons (Fsp3) is 0.333. The molecule has 0 atom stereocenters. The Bertz CT molecular complexity index is 482. The van der Waals surface area contributed by atoms with Crippen LogP contribution < -0.4 is 5.69 Å². The zero-order valence-corrected chi connectivity index (χ0v) is 6.70. The molecule has 2 aromatic heterocycles. The van der Waals surface area contributed by atoms with E-state index in [1.807, 2.05) is 0 Å². The Kier molecular flexibility index (Phi) is 1.24. The first-order valence-corrected chi connectivity index (χ1v) is 3.45. The molecule has 0 bridgehead atoms. The van der Waals surface area contributed by atoms with E-state index >= 15 is 0 Å². The summed E-state index contributed by atoms with van der Waals surface area (Å²) in [6.45, 7) is 1.78. The van der Waals surface area contributed by atoms with Gasteiger partial charge in [-0.25, -0.2) is 4.79 Å². The van der Waals surface area contributed by atoms with Crippen LogP contribution in [0, 0.1) is 6.92 Å². The number of aromatic amines is 1. The van der Waals surface area contributed by atoms with Crippen LogP contribution in [0.1, 0.15) is 5.69 Å². The van der Waals surface area contributed by atoms with Gasteiger partial charge in [0.25, 0.3) is 0 Å². The van der Waals surface area contributed by atoms with Crippen LogP contribution in [-0.2, 0) is 7.05 Å². The van der Waals surface area contributed by atoms with Crippen LogP contribution in [0.3, 0.4) is 0 Å². The van der Waals surface area contributed by atoms with Gasteiger partial charge >= 0.3 is 5.69 Å². The van der Waals surface area contributed by atoms with Crippen molar-refractivity contribution in [1.29, 1.82) is 0 Å². The Labute approximate surface area is 67.2 Å². The summed E-state index contributed by atoms with van der Waals surface area (Å²) in [4.78, 5) is 13.7. The van der Waals surface area contributed by atoms with E-state index in [9.17, 15) is 4.79 Å². The van der Waals surface area contributed by atoms with Crippen molar-refractivity contribution in [3.05, 3.63) is 16.2 Å². The summed E-state index contributed by atoms with van der Waals surface area (Å²) in [5.41, 5.74) is 1.68. The molecule has 0 radical (unpaired) electrons. The van der Waals surface area contributed by atoms with Crippen molar-refractivity contribution in [2.24, 2.45) is 7.05 Å². The van der Waals surface area contributed by atoms with Gasteiger partial charge in [0.2, 0.25) is 0 Å². The lowest BCUT2D eigenvalue weighted by molar-refractivity contribution is 0.848. The molecule has 0 fully saturated rings. The predicted octanol–water partition coefficient (Wildman–Crippen LogP) is -0.640. The predicted molar refractivity (Wildman–Crippen MR) is 41.7 cm³/mol. The summed E-state index contributed by atoms with van der Waals surface area (Å²) in [5, 5.41) is 10.9. The molecule has 12 heavy (non-hydrogen) atoms. The Morgan fingerprint density at radius 2 is 2.17 bits per heavy atom. The third kappa shape index (κ3) is 0.744. The van der Waals surface area contributed by atoms with Crippen LogP contribution >= 0.6 is 0 Å². The molecule has 0 amide bonds. The summed E-state index contributed by atoms with van der Waals surface area (Å²) in [7, 11) is 1.66. The van der Waals surface area contributed by atoms with E-state index in [-0.39, 0.29) is 5.69 Å². The van der Waals surface area contributed by atoms with Gasteiger partial charge in [-0.15, -0.1) is 10.2 Å². The Hall–Kier alpha value is -1.72. The van der Waals surface area contributed by atoms with Gasteiger partial charge in [0, 0.05) is 7.05 Å². The van der Waals surface area contributed by atoms with Crippen molar-refractivity contribution in [2.75, 3.05) is 0 Å². The number of hydrogen-bond acceptors (Lipinski definition) is 4. The lowest BCUT2D eigenvalue weighted by atomic mass is 10.4. The molecule has 0 aliphatic carbocycles. The zero-order valence-electron chi connectivity index (χ0n) is 6.70. The number of nitrogens with zero attached hydrogens (tertiary/aromatic N) is 4. The van der Waals surface area contributed by atoms with E-state index in [2.05, 4.69) is 20.4 Å². The molecule has 6 nitrogen and oxygen atoms in total. The lowest BCUT2D eigenvalue weighted by Crippen LogP contribution is -2.12. The first kappa shape index (κ1) is 6.96. The highest BCUT2D eigenvalue weighted by atomic mass is 16.1. The maximum absolute atomic E-state index is 11.1. The minimum absolute atomic E-state index is 0.199. The number of imidazole rings is 1. The number of aryl methyl sites for hydroxylation is 2. The topological polar surface area (TPSA) is 76.5 Å². The molecule has 2 rings (SSSR count). The fourth-order valence-corrected chi connectivity index (χ4v) is 1.17. The smallest absolute Gasteiger partial charge is 0.292 e. The zero-order chi connectivity index (χ0) is 8.72. The van der Waals surface area contributed by atoms with Gasteiger partial charge in [0.05, 0.1) is 5.69 Å². The SMILES string of the molecule is Cc1nnnc2[nH]c(=O)n(C)c12. The van der Waals surface area contributed by atoms with Gasteiger partial charge in [-0.2, -0.15) is 0 Å². The van der Waals surface area contributed by atoms with Crippen molar-refractivity contribution in [3.8, 4) is 0 Å². The maximum Gasteiger partial charge on any atom is 0.327 e. The first-order valence-electron chi connectivity index (χ1n) is 3.45. The molecule has 0 spiro atoms. The van der Waals surface area contributed by atoms with E-state index in [0.717, 1.165) is 0 Å². The first-order chi connectivity index (χ1) is 5.70. The van der Waals surface area contributed by atoms with Gasteiger partial charge in [-0.3, -0.25) is 9.55 Å². The monoisotopic (exact) mass is 165 g/mol. The molecular weight excluding hydrogens is 158 g/mol. The van der Waals surface area contributed by atoms with E-state index in [1.165, 1.54) is 4.57 Å². The van der Waals surface area contributed by atoms with Crippen LogP contribution in [0.5, 0.6) is 0 Å². The van der Waals surface area contributed by atoms with Crippen molar-refractivity contribution < 1.29 is 0 Å². The summed E-state index contributed by atoms with van der Waals surface area (Å²) in [6, 6.07) is 0. The molecule has 2 heterocycles. The standard InChI is InChI=1S/C6H7N5O/c1-3-4-5(9-10-8-3)7-6(12)11(4)2/h1-2H3,(H,7,8,9,12). The molecule has 1 N–H and O–H groups in total. The van der Waals surface area contributed by atoms with Crippen molar-refractivity contribution >= 4 is 11.2 Å². The van der Waals surface area contributed by atoms with Crippen LogP contribution in [0.2, 0.25) is 0 Å². The summed E-state index contributed by atoms with van der Waals surface area (Å²) in [5.74, 6) is 0. The summed E-state index contributed by atoms with van der Waals surface area (Å²) >= 11 is 0. The summed E-state index contributed by atoms with van der Waals surface area (Å²) < 4.78 is 1.46. The number of hydrogen-bond donors (Lipinski definition) is 1. The molecular formula is C6H7N5O. The average Bonchev–Trinajstić information content (AvgIpc) is 2.29. The molecule has 0 unspecified atom stereocenters. The Morgan fingerprint density at radius 1 is 1.42 bits per heavy atom. The number of H-pyrrole nitrogens is 1. The van der Waals surface area contributed by atoms with Crippen LogP contribution in [0.15, 0.2) is 4.79 Å². The van der Waals surface area contributed by atoms with E-state index in [0.29, 0.717) is 16.9 Å².